The molecule has 0 spiro atoms. The van der Waals surface area contributed by atoms with Gasteiger partial charge < -0.3 is 4.74 Å². The predicted molar refractivity (Wildman–Crippen MR) is 107 cm³/mol. The van der Waals surface area contributed by atoms with Gasteiger partial charge in [0.05, 0.1) is 25.1 Å². The van der Waals surface area contributed by atoms with Gasteiger partial charge in [0.25, 0.3) is 0 Å². The Hall–Kier alpha value is -2.86. The van der Waals surface area contributed by atoms with E-state index in [1.165, 1.54) is 4.31 Å². The second-order valence-electron chi connectivity index (χ2n) is 6.31. The van der Waals surface area contributed by atoms with Gasteiger partial charge in [-0.15, -0.1) is 0 Å². The molecule has 0 aliphatic rings. The van der Waals surface area contributed by atoms with Gasteiger partial charge in [0.2, 0.25) is 10.0 Å². The molecule has 0 N–H and O–H groups in total. The van der Waals surface area contributed by atoms with Crippen molar-refractivity contribution in [1.29, 1.82) is 0 Å². The molecule has 6 heteroatoms. The Labute approximate surface area is 160 Å². The Morgan fingerprint density at radius 2 is 1.74 bits per heavy atom. The molecule has 3 aromatic rings. The van der Waals surface area contributed by atoms with Crippen molar-refractivity contribution < 1.29 is 13.2 Å². The topological polar surface area (TPSA) is 59.5 Å². The lowest BCUT2D eigenvalue weighted by Crippen LogP contribution is -2.31. The summed E-state index contributed by atoms with van der Waals surface area (Å²) in [5.74, 6) is 0.609. The maximum Gasteiger partial charge on any atom is 0.239 e. The number of pyridine rings is 1. The van der Waals surface area contributed by atoms with Crippen LogP contribution in [0.5, 0.6) is 5.75 Å². The highest BCUT2D eigenvalue weighted by atomic mass is 32.2. The van der Waals surface area contributed by atoms with Gasteiger partial charge in [0.15, 0.2) is 0 Å². The lowest BCUT2D eigenvalue weighted by molar-refractivity contribution is 0.415. The van der Waals surface area contributed by atoms with Crippen LogP contribution >= 0.6 is 0 Å². The first kappa shape index (κ1) is 18.9. The van der Waals surface area contributed by atoms with Crippen molar-refractivity contribution in [1.82, 2.24) is 4.98 Å². The van der Waals surface area contributed by atoms with Crippen LogP contribution in [0.4, 0.5) is 5.69 Å². The number of aryl methyl sites for hydroxylation is 1. The normalized spacial score (nSPS) is 11.2. The summed E-state index contributed by atoms with van der Waals surface area (Å²) in [5, 5.41) is 0. The number of hydrogen-bond acceptors (Lipinski definition) is 4. The zero-order valence-electron chi connectivity index (χ0n) is 15.4. The summed E-state index contributed by atoms with van der Waals surface area (Å²) in [6, 6.07) is 18.2. The SMILES string of the molecule is COc1ccc(N(Cc2cccnc2)S(=O)(=O)Cc2cccc(C)c2)cc1. The molecule has 0 aliphatic carbocycles. The molecule has 2 aromatic carbocycles. The van der Waals surface area contributed by atoms with E-state index in [-0.39, 0.29) is 12.3 Å². The van der Waals surface area contributed by atoms with Crippen LogP contribution in [-0.2, 0) is 22.3 Å². The van der Waals surface area contributed by atoms with E-state index in [4.69, 9.17) is 4.74 Å². The van der Waals surface area contributed by atoms with Crippen LogP contribution in [0.2, 0.25) is 0 Å². The highest BCUT2D eigenvalue weighted by Crippen LogP contribution is 2.26. The molecule has 0 radical (unpaired) electrons. The van der Waals surface area contributed by atoms with Gasteiger partial charge in [-0.05, 0) is 48.4 Å². The van der Waals surface area contributed by atoms with Crippen molar-refractivity contribution in [3.8, 4) is 5.75 Å². The van der Waals surface area contributed by atoms with E-state index in [1.807, 2.05) is 37.3 Å². The standard InChI is InChI=1S/C21H22N2O3S/c1-17-5-3-6-18(13-17)16-27(24,25)23(15-19-7-4-12-22-14-19)20-8-10-21(26-2)11-9-20/h3-14H,15-16H2,1-2H3. The number of hydrogen-bond donors (Lipinski definition) is 0. The number of aromatic nitrogens is 1. The highest BCUT2D eigenvalue weighted by molar-refractivity contribution is 7.92. The fourth-order valence-electron chi connectivity index (χ4n) is 2.85. The van der Waals surface area contributed by atoms with Gasteiger partial charge in [-0.3, -0.25) is 9.29 Å². The van der Waals surface area contributed by atoms with E-state index in [0.717, 1.165) is 16.7 Å². The van der Waals surface area contributed by atoms with E-state index >= 15 is 0 Å². The molecule has 0 saturated heterocycles. The van der Waals surface area contributed by atoms with Crippen LogP contribution in [0.25, 0.3) is 0 Å². The Morgan fingerprint density at radius 3 is 2.37 bits per heavy atom. The predicted octanol–water partition coefficient (Wildman–Crippen LogP) is 3.94. The van der Waals surface area contributed by atoms with Crippen molar-refractivity contribution in [3.63, 3.8) is 0 Å². The molecule has 140 valence electrons. The third-order valence-corrected chi connectivity index (χ3v) is 5.89. The third-order valence-electron chi connectivity index (χ3n) is 4.18. The largest absolute Gasteiger partial charge is 0.497 e. The zero-order chi connectivity index (χ0) is 19.3. The van der Waals surface area contributed by atoms with E-state index in [9.17, 15) is 8.42 Å². The number of benzene rings is 2. The molecule has 0 unspecified atom stereocenters. The highest BCUT2D eigenvalue weighted by Gasteiger charge is 2.23. The maximum absolute atomic E-state index is 13.2. The van der Waals surface area contributed by atoms with Crippen LogP contribution in [0.3, 0.4) is 0 Å². The summed E-state index contributed by atoms with van der Waals surface area (Å²) >= 11 is 0. The summed E-state index contributed by atoms with van der Waals surface area (Å²) < 4.78 is 33.1. The van der Waals surface area contributed by atoms with Gasteiger partial charge in [-0.2, -0.15) is 0 Å². The van der Waals surface area contributed by atoms with Gasteiger partial charge >= 0.3 is 0 Å². The number of sulfonamides is 1. The first-order chi connectivity index (χ1) is 13.0. The van der Waals surface area contributed by atoms with Crippen LogP contribution in [0.15, 0.2) is 73.1 Å². The van der Waals surface area contributed by atoms with Crippen molar-refractivity contribution in [2.24, 2.45) is 0 Å². The van der Waals surface area contributed by atoms with Gasteiger partial charge in [-0.25, -0.2) is 8.42 Å². The molecule has 1 aromatic heterocycles. The Bertz CT molecular complexity index is 987. The molecular formula is C21H22N2O3S. The molecule has 0 atom stereocenters. The molecule has 0 aliphatic heterocycles. The fourth-order valence-corrected chi connectivity index (χ4v) is 4.39. The van der Waals surface area contributed by atoms with Crippen LogP contribution in [0, 0.1) is 6.92 Å². The monoisotopic (exact) mass is 382 g/mol. The van der Waals surface area contributed by atoms with Crippen molar-refractivity contribution >= 4 is 15.7 Å². The summed E-state index contributed by atoms with van der Waals surface area (Å²) in [6.45, 7) is 2.17. The fraction of sp³-hybridized carbons (Fsp3) is 0.190. The number of anilines is 1. The second kappa shape index (κ2) is 8.22. The van der Waals surface area contributed by atoms with E-state index < -0.39 is 10.0 Å². The van der Waals surface area contributed by atoms with Crippen molar-refractivity contribution in [2.75, 3.05) is 11.4 Å². The number of nitrogens with zero attached hydrogens (tertiary/aromatic N) is 2. The van der Waals surface area contributed by atoms with E-state index in [1.54, 1.807) is 49.8 Å². The molecule has 0 saturated carbocycles. The Balaban J connectivity index is 1.96. The van der Waals surface area contributed by atoms with E-state index in [2.05, 4.69) is 4.98 Å². The molecule has 5 nitrogen and oxygen atoms in total. The average Bonchev–Trinajstić information content (AvgIpc) is 2.66. The first-order valence-electron chi connectivity index (χ1n) is 8.57. The summed E-state index contributed by atoms with van der Waals surface area (Å²) in [6.07, 6.45) is 3.35. The second-order valence-corrected chi connectivity index (χ2v) is 8.20. The van der Waals surface area contributed by atoms with Crippen molar-refractivity contribution in [3.05, 3.63) is 89.7 Å². The lowest BCUT2D eigenvalue weighted by atomic mass is 10.2. The quantitative estimate of drug-likeness (QED) is 0.621. The van der Waals surface area contributed by atoms with Crippen LogP contribution in [-0.4, -0.2) is 20.5 Å². The minimum Gasteiger partial charge on any atom is -0.497 e. The Kier molecular flexibility index (Phi) is 5.76. The van der Waals surface area contributed by atoms with E-state index in [0.29, 0.717) is 11.4 Å². The summed E-state index contributed by atoms with van der Waals surface area (Å²) in [5.41, 5.74) is 3.21. The first-order valence-corrected chi connectivity index (χ1v) is 10.2. The molecule has 1 heterocycles. The molecule has 0 bridgehead atoms. The molecular weight excluding hydrogens is 360 g/mol. The lowest BCUT2D eigenvalue weighted by Gasteiger charge is -2.25. The third kappa shape index (κ3) is 4.86. The number of ether oxygens (including phenoxy) is 1. The number of rotatable bonds is 7. The minimum atomic E-state index is -3.60. The van der Waals surface area contributed by atoms with Crippen LogP contribution < -0.4 is 9.04 Å². The molecule has 0 fully saturated rings. The van der Waals surface area contributed by atoms with Gasteiger partial charge in [0, 0.05) is 12.4 Å². The zero-order valence-corrected chi connectivity index (χ0v) is 16.2. The molecule has 0 amide bonds. The van der Waals surface area contributed by atoms with Gasteiger partial charge in [-0.1, -0.05) is 35.9 Å². The summed E-state index contributed by atoms with van der Waals surface area (Å²) in [7, 11) is -2.02. The number of methoxy groups -OCH3 is 1. The maximum atomic E-state index is 13.2. The Morgan fingerprint density at radius 1 is 1.00 bits per heavy atom. The molecule has 27 heavy (non-hydrogen) atoms. The average molecular weight is 382 g/mol. The summed E-state index contributed by atoms with van der Waals surface area (Å²) in [4.78, 5) is 4.09. The molecule has 3 rings (SSSR count). The smallest absolute Gasteiger partial charge is 0.239 e. The van der Waals surface area contributed by atoms with Crippen molar-refractivity contribution in [2.45, 2.75) is 19.2 Å². The van der Waals surface area contributed by atoms with Crippen LogP contribution in [0.1, 0.15) is 16.7 Å². The van der Waals surface area contributed by atoms with Gasteiger partial charge in [0.1, 0.15) is 5.75 Å². The minimum absolute atomic E-state index is 0.0685.